The zero-order chi connectivity index (χ0) is 17.7. The molecule has 2 aromatic rings. The molecular weight excluding hydrogens is 338 g/mol. The van der Waals surface area contributed by atoms with Crippen LogP contribution < -0.4 is 4.72 Å². The number of aryl methyl sites for hydroxylation is 2. The number of hydrogen-bond donors (Lipinski definition) is 1. The van der Waals surface area contributed by atoms with Crippen LogP contribution in [0.2, 0.25) is 0 Å². The van der Waals surface area contributed by atoms with E-state index in [4.69, 9.17) is 4.74 Å². The maximum Gasteiger partial charge on any atom is 0.321 e. The van der Waals surface area contributed by atoms with Gasteiger partial charge in [0, 0.05) is 0 Å². The van der Waals surface area contributed by atoms with Crippen molar-refractivity contribution in [2.75, 3.05) is 6.54 Å². The number of carbonyl (C=O) groups is 1. The SMILES string of the molecule is O=C(CNS(=O)(=O)c1ccc2c(c1)CCCC2)OCc1ccccc1. The Hall–Kier alpha value is -2.18. The van der Waals surface area contributed by atoms with E-state index in [0.717, 1.165) is 36.8 Å². The molecule has 0 fully saturated rings. The van der Waals surface area contributed by atoms with E-state index in [9.17, 15) is 13.2 Å². The maximum atomic E-state index is 12.4. The molecule has 0 atom stereocenters. The summed E-state index contributed by atoms with van der Waals surface area (Å²) in [7, 11) is -3.72. The molecule has 0 radical (unpaired) electrons. The first-order chi connectivity index (χ1) is 12.0. The number of ether oxygens (including phenoxy) is 1. The van der Waals surface area contributed by atoms with E-state index in [0.29, 0.717) is 0 Å². The third kappa shape index (κ3) is 4.67. The number of rotatable bonds is 6. The van der Waals surface area contributed by atoms with E-state index < -0.39 is 16.0 Å². The minimum absolute atomic E-state index is 0.125. The maximum absolute atomic E-state index is 12.4. The molecule has 0 saturated carbocycles. The average Bonchev–Trinajstić information content (AvgIpc) is 2.65. The Balaban J connectivity index is 1.57. The third-order valence-electron chi connectivity index (χ3n) is 4.28. The molecule has 0 spiro atoms. The van der Waals surface area contributed by atoms with E-state index in [1.165, 1.54) is 5.56 Å². The molecule has 0 aliphatic heterocycles. The van der Waals surface area contributed by atoms with Gasteiger partial charge < -0.3 is 4.74 Å². The lowest BCUT2D eigenvalue weighted by molar-refractivity contribution is -0.143. The van der Waals surface area contributed by atoms with Crippen molar-refractivity contribution in [2.24, 2.45) is 0 Å². The largest absolute Gasteiger partial charge is 0.460 e. The summed E-state index contributed by atoms with van der Waals surface area (Å²) in [5, 5.41) is 0. The quantitative estimate of drug-likeness (QED) is 0.805. The molecule has 6 heteroatoms. The number of esters is 1. The molecule has 0 aromatic heterocycles. The van der Waals surface area contributed by atoms with Crippen LogP contribution in [-0.4, -0.2) is 20.9 Å². The van der Waals surface area contributed by atoms with Crippen molar-refractivity contribution in [1.29, 1.82) is 0 Å². The second kappa shape index (κ2) is 7.80. The van der Waals surface area contributed by atoms with Gasteiger partial charge in [-0.05, 0) is 54.5 Å². The lowest BCUT2D eigenvalue weighted by atomic mass is 9.92. The van der Waals surface area contributed by atoms with Crippen LogP contribution in [-0.2, 0) is 39.0 Å². The predicted molar refractivity (Wildman–Crippen MR) is 94.5 cm³/mol. The molecule has 25 heavy (non-hydrogen) atoms. The first kappa shape index (κ1) is 17.6. The molecule has 0 heterocycles. The van der Waals surface area contributed by atoms with Crippen LogP contribution in [0.4, 0.5) is 0 Å². The van der Waals surface area contributed by atoms with Gasteiger partial charge in [-0.25, -0.2) is 8.42 Å². The fourth-order valence-electron chi connectivity index (χ4n) is 2.90. The summed E-state index contributed by atoms with van der Waals surface area (Å²) in [4.78, 5) is 12.0. The van der Waals surface area contributed by atoms with Gasteiger partial charge in [0.25, 0.3) is 0 Å². The van der Waals surface area contributed by atoms with Crippen molar-refractivity contribution in [3.63, 3.8) is 0 Å². The number of benzene rings is 2. The Morgan fingerprint density at radius 1 is 1.00 bits per heavy atom. The first-order valence-electron chi connectivity index (χ1n) is 8.35. The Labute approximate surface area is 148 Å². The van der Waals surface area contributed by atoms with Gasteiger partial charge >= 0.3 is 5.97 Å². The van der Waals surface area contributed by atoms with Crippen LogP contribution in [0.15, 0.2) is 53.4 Å². The lowest BCUT2D eigenvalue weighted by Crippen LogP contribution is -2.30. The van der Waals surface area contributed by atoms with Gasteiger partial charge in [-0.2, -0.15) is 4.72 Å². The molecule has 3 rings (SSSR count). The molecule has 2 aromatic carbocycles. The highest BCUT2D eigenvalue weighted by molar-refractivity contribution is 7.89. The van der Waals surface area contributed by atoms with Gasteiger partial charge in [0.15, 0.2) is 0 Å². The lowest BCUT2D eigenvalue weighted by Gasteiger charge is -2.16. The number of hydrogen-bond acceptors (Lipinski definition) is 4. The van der Waals surface area contributed by atoms with E-state index in [2.05, 4.69) is 4.72 Å². The van der Waals surface area contributed by atoms with Crippen LogP contribution >= 0.6 is 0 Å². The van der Waals surface area contributed by atoms with Crippen molar-refractivity contribution < 1.29 is 17.9 Å². The highest BCUT2D eigenvalue weighted by atomic mass is 32.2. The minimum atomic E-state index is -3.72. The summed E-state index contributed by atoms with van der Waals surface area (Å²) >= 11 is 0. The van der Waals surface area contributed by atoms with Gasteiger partial charge in [-0.1, -0.05) is 36.4 Å². The number of fused-ring (bicyclic) bond motifs is 1. The second-order valence-electron chi connectivity index (χ2n) is 6.11. The Morgan fingerprint density at radius 2 is 1.72 bits per heavy atom. The fourth-order valence-corrected chi connectivity index (χ4v) is 3.92. The second-order valence-corrected chi connectivity index (χ2v) is 7.88. The van der Waals surface area contributed by atoms with Gasteiger partial charge in [-0.3, -0.25) is 4.79 Å². The third-order valence-corrected chi connectivity index (χ3v) is 5.68. The average molecular weight is 359 g/mol. The fraction of sp³-hybridized carbons (Fsp3) is 0.316. The normalized spacial score (nSPS) is 13.9. The number of carbonyl (C=O) groups excluding carboxylic acids is 1. The van der Waals surface area contributed by atoms with Crippen LogP contribution in [0.25, 0.3) is 0 Å². The molecule has 5 nitrogen and oxygen atoms in total. The molecule has 1 aliphatic rings. The van der Waals surface area contributed by atoms with E-state index in [1.54, 1.807) is 12.1 Å². The van der Waals surface area contributed by atoms with Crippen LogP contribution in [0.5, 0.6) is 0 Å². The van der Waals surface area contributed by atoms with Crippen LogP contribution in [0.1, 0.15) is 29.5 Å². The summed E-state index contributed by atoms with van der Waals surface area (Å²) < 4.78 is 32.2. The zero-order valence-electron chi connectivity index (χ0n) is 13.9. The number of sulfonamides is 1. The Bertz CT molecular complexity index is 847. The molecular formula is C19H21NO4S. The summed E-state index contributed by atoms with van der Waals surface area (Å²) in [6.07, 6.45) is 4.12. The van der Waals surface area contributed by atoms with Crippen LogP contribution in [0, 0.1) is 0 Å². The summed E-state index contributed by atoms with van der Waals surface area (Å²) in [6.45, 7) is -0.257. The number of nitrogens with one attached hydrogen (secondary N) is 1. The summed E-state index contributed by atoms with van der Waals surface area (Å²) in [6, 6.07) is 14.4. The molecule has 132 valence electrons. The first-order valence-corrected chi connectivity index (χ1v) is 9.84. The van der Waals surface area contributed by atoms with Crippen molar-refractivity contribution in [3.05, 3.63) is 65.2 Å². The molecule has 1 N–H and O–H groups in total. The van der Waals surface area contributed by atoms with Gasteiger partial charge in [0.05, 0.1) is 4.90 Å². The minimum Gasteiger partial charge on any atom is -0.460 e. The molecule has 0 unspecified atom stereocenters. The van der Waals surface area contributed by atoms with Gasteiger partial charge in [0.2, 0.25) is 10.0 Å². The van der Waals surface area contributed by atoms with Gasteiger partial charge in [0.1, 0.15) is 13.2 Å². The van der Waals surface area contributed by atoms with Crippen molar-refractivity contribution in [3.8, 4) is 0 Å². The molecule has 0 bridgehead atoms. The van der Waals surface area contributed by atoms with Crippen molar-refractivity contribution >= 4 is 16.0 Å². The van der Waals surface area contributed by atoms with E-state index in [1.807, 2.05) is 36.4 Å². The van der Waals surface area contributed by atoms with Gasteiger partial charge in [-0.15, -0.1) is 0 Å². The molecule has 0 amide bonds. The van der Waals surface area contributed by atoms with Crippen molar-refractivity contribution in [2.45, 2.75) is 37.2 Å². The molecule has 0 saturated heterocycles. The topological polar surface area (TPSA) is 72.5 Å². The van der Waals surface area contributed by atoms with E-state index in [-0.39, 0.29) is 18.0 Å². The predicted octanol–water partition coefficient (Wildman–Crippen LogP) is 2.59. The van der Waals surface area contributed by atoms with Crippen molar-refractivity contribution in [1.82, 2.24) is 4.72 Å². The summed E-state index contributed by atoms with van der Waals surface area (Å²) in [5.74, 6) is -0.606. The monoisotopic (exact) mass is 359 g/mol. The van der Waals surface area contributed by atoms with E-state index >= 15 is 0 Å². The van der Waals surface area contributed by atoms with Crippen LogP contribution in [0.3, 0.4) is 0 Å². The smallest absolute Gasteiger partial charge is 0.321 e. The Kier molecular flexibility index (Phi) is 5.50. The highest BCUT2D eigenvalue weighted by Gasteiger charge is 2.19. The highest BCUT2D eigenvalue weighted by Crippen LogP contribution is 2.23. The standard InChI is InChI=1S/C19H21NO4S/c21-19(24-14-15-6-2-1-3-7-15)13-20-25(22,23)18-11-10-16-8-4-5-9-17(16)12-18/h1-3,6-7,10-12,20H,4-5,8-9,13-14H2. The molecule has 1 aliphatic carbocycles. The Morgan fingerprint density at radius 3 is 2.48 bits per heavy atom. The summed E-state index contributed by atoms with van der Waals surface area (Å²) in [5.41, 5.74) is 3.15. The zero-order valence-corrected chi connectivity index (χ0v) is 14.7.